The Bertz CT molecular complexity index is 576. The standard InChI is InChI=1S/C21H32N2O3/c1-16(2)13-22(14-17(3)4)20(24)19-11-8-12-23(19)21(25)26-15-18-9-6-5-7-10-18/h5-7,9-10,16-17,19H,8,11-15H2,1-4H3. The zero-order valence-corrected chi connectivity index (χ0v) is 16.5. The van der Waals surface area contributed by atoms with Crippen LogP contribution in [0.1, 0.15) is 46.1 Å². The van der Waals surface area contributed by atoms with Gasteiger partial charge in [-0.3, -0.25) is 9.69 Å². The third kappa shape index (κ3) is 5.75. The average Bonchev–Trinajstić information content (AvgIpc) is 3.08. The van der Waals surface area contributed by atoms with Crippen LogP contribution >= 0.6 is 0 Å². The van der Waals surface area contributed by atoms with E-state index >= 15 is 0 Å². The van der Waals surface area contributed by atoms with Gasteiger partial charge < -0.3 is 9.64 Å². The molecule has 2 amide bonds. The quantitative estimate of drug-likeness (QED) is 0.740. The fourth-order valence-corrected chi connectivity index (χ4v) is 3.39. The van der Waals surface area contributed by atoms with Crippen molar-refractivity contribution < 1.29 is 14.3 Å². The van der Waals surface area contributed by atoms with Gasteiger partial charge in [-0.15, -0.1) is 0 Å². The van der Waals surface area contributed by atoms with E-state index in [0.717, 1.165) is 25.1 Å². The van der Waals surface area contributed by atoms with Crippen molar-refractivity contribution in [3.05, 3.63) is 35.9 Å². The molecular weight excluding hydrogens is 328 g/mol. The summed E-state index contributed by atoms with van der Waals surface area (Å²) in [5, 5.41) is 0. The molecule has 1 aliphatic rings. The molecule has 1 fully saturated rings. The number of carbonyl (C=O) groups excluding carboxylic acids is 2. The minimum atomic E-state index is -0.393. The molecule has 1 aromatic carbocycles. The van der Waals surface area contributed by atoms with E-state index in [1.807, 2.05) is 35.2 Å². The molecule has 1 aliphatic heterocycles. The maximum absolute atomic E-state index is 13.1. The average molecular weight is 360 g/mol. The van der Waals surface area contributed by atoms with E-state index in [4.69, 9.17) is 4.74 Å². The molecular formula is C21H32N2O3. The Hall–Kier alpha value is -2.04. The van der Waals surface area contributed by atoms with Gasteiger partial charge in [-0.05, 0) is 30.2 Å². The maximum atomic E-state index is 13.1. The van der Waals surface area contributed by atoms with Crippen molar-refractivity contribution in [2.75, 3.05) is 19.6 Å². The Morgan fingerprint density at radius 3 is 2.31 bits per heavy atom. The van der Waals surface area contributed by atoms with E-state index in [9.17, 15) is 9.59 Å². The van der Waals surface area contributed by atoms with E-state index in [1.54, 1.807) is 4.90 Å². The molecule has 0 spiro atoms. The summed E-state index contributed by atoms with van der Waals surface area (Å²) in [7, 11) is 0. The molecule has 0 saturated carbocycles. The normalized spacial score (nSPS) is 17.0. The molecule has 5 heteroatoms. The van der Waals surface area contributed by atoms with Gasteiger partial charge in [0.25, 0.3) is 0 Å². The second-order valence-corrected chi connectivity index (χ2v) is 7.92. The number of likely N-dealkylation sites (tertiary alicyclic amines) is 1. The number of carbonyl (C=O) groups is 2. The highest BCUT2D eigenvalue weighted by Crippen LogP contribution is 2.22. The molecule has 1 atom stereocenters. The minimum absolute atomic E-state index is 0.0570. The van der Waals surface area contributed by atoms with Crippen molar-refractivity contribution in [2.24, 2.45) is 11.8 Å². The summed E-state index contributed by atoms with van der Waals surface area (Å²) in [6.45, 7) is 10.7. The van der Waals surface area contributed by atoms with E-state index in [2.05, 4.69) is 27.7 Å². The predicted octanol–water partition coefficient (Wildman–Crippen LogP) is 3.93. The summed E-state index contributed by atoms with van der Waals surface area (Å²) in [4.78, 5) is 29.1. The van der Waals surface area contributed by atoms with Gasteiger partial charge in [0.1, 0.15) is 12.6 Å². The minimum Gasteiger partial charge on any atom is -0.445 e. The van der Waals surface area contributed by atoms with Crippen molar-refractivity contribution in [3.8, 4) is 0 Å². The van der Waals surface area contributed by atoms with Gasteiger partial charge in [-0.2, -0.15) is 0 Å². The van der Waals surface area contributed by atoms with Crippen molar-refractivity contribution in [1.29, 1.82) is 0 Å². The van der Waals surface area contributed by atoms with Crippen LogP contribution in [0.25, 0.3) is 0 Å². The Morgan fingerprint density at radius 2 is 1.73 bits per heavy atom. The lowest BCUT2D eigenvalue weighted by molar-refractivity contribution is -0.136. The molecule has 0 aliphatic carbocycles. The lowest BCUT2D eigenvalue weighted by Gasteiger charge is -2.32. The second-order valence-electron chi connectivity index (χ2n) is 7.92. The van der Waals surface area contributed by atoms with Gasteiger partial charge >= 0.3 is 6.09 Å². The summed E-state index contributed by atoms with van der Waals surface area (Å²) in [5.41, 5.74) is 0.948. The maximum Gasteiger partial charge on any atom is 0.410 e. The summed E-state index contributed by atoms with van der Waals surface area (Å²) < 4.78 is 5.45. The number of benzene rings is 1. The molecule has 1 unspecified atom stereocenters. The van der Waals surface area contributed by atoms with Crippen LogP contribution in [0.5, 0.6) is 0 Å². The summed E-state index contributed by atoms with van der Waals surface area (Å²) in [6, 6.07) is 9.22. The Morgan fingerprint density at radius 1 is 1.12 bits per heavy atom. The first kappa shape index (κ1) is 20.3. The number of hydrogen-bond donors (Lipinski definition) is 0. The van der Waals surface area contributed by atoms with Gasteiger partial charge in [0.2, 0.25) is 5.91 Å². The molecule has 5 nitrogen and oxygen atoms in total. The molecule has 0 N–H and O–H groups in total. The van der Waals surface area contributed by atoms with E-state index in [0.29, 0.717) is 24.8 Å². The lowest BCUT2D eigenvalue weighted by Crippen LogP contribution is -2.49. The fourth-order valence-electron chi connectivity index (χ4n) is 3.39. The van der Waals surface area contributed by atoms with Crippen molar-refractivity contribution >= 4 is 12.0 Å². The number of amides is 2. The largest absolute Gasteiger partial charge is 0.445 e. The third-order valence-corrected chi connectivity index (χ3v) is 4.46. The predicted molar refractivity (Wildman–Crippen MR) is 103 cm³/mol. The first-order valence-corrected chi connectivity index (χ1v) is 9.64. The molecule has 1 aromatic rings. The van der Waals surface area contributed by atoms with Gasteiger partial charge in [0.05, 0.1) is 0 Å². The fraction of sp³-hybridized carbons (Fsp3) is 0.619. The Labute approximate surface area is 157 Å². The monoisotopic (exact) mass is 360 g/mol. The highest BCUT2D eigenvalue weighted by atomic mass is 16.6. The highest BCUT2D eigenvalue weighted by molar-refractivity contribution is 5.86. The molecule has 144 valence electrons. The number of rotatable bonds is 7. The topological polar surface area (TPSA) is 49.9 Å². The second kappa shape index (κ2) is 9.60. The summed E-state index contributed by atoms with van der Waals surface area (Å²) in [5.74, 6) is 0.858. The number of nitrogens with zero attached hydrogens (tertiary/aromatic N) is 2. The molecule has 1 saturated heterocycles. The Balaban J connectivity index is 2.00. The zero-order chi connectivity index (χ0) is 19.1. The van der Waals surface area contributed by atoms with Crippen LogP contribution < -0.4 is 0 Å². The molecule has 2 rings (SSSR count). The smallest absolute Gasteiger partial charge is 0.410 e. The zero-order valence-electron chi connectivity index (χ0n) is 16.5. The molecule has 0 bridgehead atoms. The van der Waals surface area contributed by atoms with Crippen molar-refractivity contribution in [3.63, 3.8) is 0 Å². The van der Waals surface area contributed by atoms with Crippen LogP contribution in [0, 0.1) is 11.8 Å². The molecule has 1 heterocycles. The highest BCUT2D eigenvalue weighted by Gasteiger charge is 2.37. The van der Waals surface area contributed by atoms with Crippen LogP contribution in [0.3, 0.4) is 0 Å². The first-order chi connectivity index (χ1) is 12.4. The van der Waals surface area contributed by atoms with Gasteiger partial charge in [-0.25, -0.2) is 4.79 Å². The third-order valence-electron chi connectivity index (χ3n) is 4.46. The first-order valence-electron chi connectivity index (χ1n) is 9.64. The van der Waals surface area contributed by atoms with Gasteiger partial charge in [-0.1, -0.05) is 58.0 Å². The van der Waals surface area contributed by atoms with E-state index < -0.39 is 12.1 Å². The summed E-state index contributed by atoms with van der Waals surface area (Å²) in [6.07, 6.45) is 1.17. The van der Waals surface area contributed by atoms with E-state index in [1.165, 1.54) is 0 Å². The van der Waals surface area contributed by atoms with Crippen LogP contribution in [-0.4, -0.2) is 47.5 Å². The summed E-state index contributed by atoms with van der Waals surface area (Å²) >= 11 is 0. The van der Waals surface area contributed by atoms with Gasteiger partial charge in [0, 0.05) is 19.6 Å². The van der Waals surface area contributed by atoms with E-state index in [-0.39, 0.29) is 12.5 Å². The number of hydrogen-bond acceptors (Lipinski definition) is 3. The molecule has 0 radical (unpaired) electrons. The van der Waals surface area contributed by atoms with Crippen LogP contribution in [0.15, 0.2) is 30.3 Å². The van der Waals surface area contributed by atoms with Crippen molar-refractivity contribution in [1.82, 2.24) is 9.80 Å². The Kier molecular flexibility index (Phi) is 7.49. The molecule has 26 heavy (non-hydrogen) atoms. The van der Waals surface area contributed by atoms with Crippen LogP contribution in [0.4, 0.5) is 4.79 Å². The molecule has 0 aromatic heterocycles. The SMILES string of the molecule is CC(C)CN(CC(C)C)C(=O)C1CCCN1C(=O)OCc1ccccc1. The van der Waals surface area contributed by atoms with Crippen LogP contribution in [0.2, 0.25) is 0 Å². The lowest BCUT2D eigenvalue weighted by atomic mass is 10.1. The number of ether oxygens (including phenoxy) is 1. The van der Waals surface area contributed by atoms with Crippen LogP contribution in [-0.2, 0) is 16.1 Å². The van der Waals surface area contributed by atoms with Crippen molar-refractivity contribution in [2.45, 2.75) is 53.2 Å². The van der Waals surface area contributed by atoms with Gasteiger partial charge in [0.15, 0.2) is 0 Å².